The van der Waals surface area contributed by atoms with Gasteiger partial charge in [0.1, 0.15) is 6.10 Å². The monoisotopic (exact) mass is 217 g/mol. The Hall–Kier alpha value is -1.26. The third kappa shape index (κ3) is 2.22. The molecule has 1 saturated carbocycles. The molecule has 0 saturated heterocycles. The second-order valence-electron chi connectivity index (χ2n) is 3.57. The van der Waals surface area contributed by atoms with Crippen molar-refractivity contribution in [3.05, 3.63) is 23.6 Å². The third-order valence-corrected chi connectivity index (χ3v) is 2.44. The minimum atomic E-state index is -1.33. The summed E-state index contributed by atoms with van der Waals surface area (Å²) in [4.78, 5) is 3.10. The molecule has 15 heavy (non-hydrogen) atoms. The van der Waals surface area contributed by atoms with E-state index >= 15 is 0 Å². The van der Waals surface area contributed by atoms with Gasteiger partial charge in [-0.05, 0) is 25.7 Å². The highest BCUT2D eigenvalue weighted by atomic mass is 19.2. The Morgan fingerprint density at radius 3 is 2.47 bits per heavy atom. The Morgan fingerprint density at radius 2 is 1.80 bits per heavy atom. The summed E-state index contributed by atoms with van der Waals surface area (Å²) < 4.78 is 43.5. The molecule has 1 aromatic rings. The Morgan fingerprint density at radius 1 is 1.13 bits per heavy atom. The first-order valence-electron chi connectivity index (χ1n) is 4.85. The fourth-order valence-corrected chi connectivity index (χ4v) is 1.68. The summed E-state index contributed by atoms with van der Waals surface area (Å²) in [5, 5.41) is 0. The molecule has 0 atom stereocenters. The topological polar surface area (TPSA) is 22.1 Å². The molecule has 1 aliphatic rings. The molecule has 0 radical (unpaired) electrons. The lowest BCUT2D eigenvalue weighted by Crippen LogP contribution is -2.13. The maximum Gasteiger partial charge on any atom is 0.253 e. The second-order valence-corrected chi connectivity index (χ2v) is 3.57. The highest BCUT2D eigenvalue weighted by Crippen LogP contribution is 2.25. The smallest absolute Gasteiger partial charge is 0.253 e. The van der Waals surface area contributed by atoms with Gasteiger partial charge in [0.05, 0.1) is 0 Å². The quantitative estimate of drug-likeness (QED) is 0.710. The Bertz CT molecular complexity index is 364. The van der Waals surface area contributed by atoms with Gasteiger partial charge in [0, 0.05) is 6.07 Å². The van der Waals surface area contributed by atoms with Gasteiger partial charge in [0.15, 0.2) is 11.6 Å². The van der Waals surface area contributed by atoms with E-state index in [1.807, 2.05) is 0 Å². The summed E-state index contributed by atoms with van der Waals surface area (Å²) >= 11 is 0. The van der Waals surface area contributed by atoms with E-state index in [1.165, 1.54) is 0 Å². The van der Waals surface area contributed by atoms with Crippen molar-refractivity contribution in [2.24, 2.45) is 0 Å². The largest absolute Gasteiger partial charge is 0.472 e. The van der Waals surface area contributed by atoms with Gasteiger partial charge >= 0.3 is 0 Å². The summed E-state index contributed by atoms with van der Waals surface area (Å²) in [5.74, 6) is -4.03. The van der Waals surface area contributed by atoms with E-state index in [-0.39, 0.29) is 6.10 Å². The first-order chi connectivity index (χ1) is 7.16. The molecule has 1 aliphatic carbocycles. The molecule has 0 unspecified atom stereocenters. The normalized spacial score (nSPS) is 17.0. The van der Waals surface area contributed by atoms with Gasteiger partial charge < -0.3 is 4.74 Å². The fourth-order valence-electron chi connectivity index (χ4n) is 1.68. The summed E-state index contributed by atoms with van der Waals surface area (Å²) in [6, 6.07) is 0.451. The van der Waals surface area contributed by atoms with Crippen LogP contribution in [0.3, 0.4) is 0 Å². The Balaban J connectivity index is 2.16. The van der Waals surface area contributed by atoms with Gasteiger partial charge in [-0.1, -0.05) is 0 Å². The molecule has 0 amide bonds. The van der Waals surface area contributed by atoms with Gasteiger partial charge in [-0.25, -0.2) is 8.78 Å². The van der Waals surface area contributed by atoms with Gasteiger partial charge in [-0.2, -0.15) is 9.37 Å². The van der Waals surface area contributed by atoms with Gasteiger partial charge in [0.2, 0.25) is 0 Å². The van der Waals surface area contributed by atoms with Crippen molar-refractivity contribution in [2.75, 3.05) is 0 Å². The lowest BCUT2D eigenvalue weighted by Gasteiger charge is -2.12. The zero-order valence-electron chi connectivity index (χ0n) is 7.97. The molecular weight excluding hydrogens is 207 g/mol. The van der Waals surface area contributed by atoms with Crippen molar-refractivity contribution in [1.29, 1.82) is 0 Å². The van der Waals surface area contributed by atoms with E-state index in [0.29, 0.717) is 6.07 Å². The Labute approximate surface area is 85.1 Å². The fraction of sp³-hybridized carbons (Fsp3) is 0.500. The van der Waals surface area contributed by atoms with Crippen LogP contribution in [0.25, 0.3) is 0 Å². The summed E-state index contributed by atoms with van der Waals surface area (Å²) in [5.41, 5.74) is 0. The number of nitrogens with zero attached hydrogens (tertiary/aromatic N) is 1. The van der Waals surface area contributed by atoms with E-state index in [2.05, 4.69) is 4.98 Å². The van der Waals surface area contributed by atoms with E-state index in [9.17, 15) is 13.2 Å². The second kappa shape index (κ2) is 4.08. The van der Waals surface area contributed by atoms with E-state index in [1.54, 1.807) is 0 Å². The standard InChI is InChI=1S/C10H10F3NO/c11-7-5-8(12)10(14-9(7)13)15-6-3-1-2-4-6/h5-6H,1-4H2. The molecule has 0 bridgehead atoms. The van der Waals surface area contributed by atoms with E-state index in [0.717, 1.165) is 25.7 Å². The van der Waals surface area contributed by atoms with Gasteiger partial charge in [0.25, 0.3) is 11.8 Å². The van der Waals surface area contributed by atoms with Crippen molar-refractivity contribution >= 4 is 0 Å². The molecule has 0 N–H and O–H groups in total. The molecule has 0 spiro atoms. The zero-order valence-corrected chi connectivity index (χ0v) is 7.97. The zero-order chi connectivity index (χ0) is 10.8. The molecule has 0 aromatic carbocycles. The van der Waals surface area contributed by atoms with Crippen LogP contribution in [0, 0.1) is 17.6 Å². The molecule has 0 aliphatic heterocycles. The maximum atomic E-state index is 13.1. The van der Waals surface area contributed by atoms with Crippen LogP contribution in [0.4, 0.5) is 13.2 Å². The van der Waals surface area contributed by atoms with Crippen LogP contribution < -0.4 is 4.74 Å². The summed E-state index contributed by atoms with van der Waals surface area (Å²) in [6.07, 6.45) is 3.50. The number of rotatable bonds is 2. The van der Waals surface area contributed by atoms with Crippen LogP contribution >= 0.6 is 0 Å². The van der Waals surface area contributed by atoms with Crippen molar-refractivity contribution in [3.63, 3.8) is 0 Å². The number of hydrogen-bond donors (Lipinski definition) is 0. The van der Waals surface area contributed by atoms with Crippen LogP contribution in [-0.2, 0) is 0 Å². The lowest BCUT2D eigenvalue weighted by molar-refractivity contribution is 0.187. The SMILES string of the molecule is Fc1cc(F)c(OC2CCCC2)nc1F. The molecule has 82 valence electrons. The first kappa shape index (κ1) is 10.3. The van der Waals surface area contributed by atoms with Crippen molar-refractivity contribution in [3.8, 4) is 5.88 Å². The molecule has 1 heterocycles. The van der Waals surface area contributed by atoms with Crippen molar-refractivity contribution in [1.82, 2.24) is 4.98 Å². The summed E-state index contributed by atoms with van der Waals surface area (Å²) in [6.45, 7) is 0. The number of ether oxygens (including phenoxy) is 1. The Kier molecular flexibility index (Phi) is 2.79. The van der Waals surface area contributed by atoms with Gasteiger partial charge in [-0.15, -0.1) is 0 Å². The maximum absolute atomic E-state index is 13.1. The minimum Gasteiger partial charge on any atom is -0.472 e. The van der Waals surface area contributed by atoms with Crippen LogP contribution in [0.2, 0.25) is 0 Å². The number of aromatic nitrogens is 1. The highest BCUT2D eigenvalue weighted by molar-refractivity contribution is 5.15. The number of halogens is 3. The molecule has 2 nitrogen and oxygen atoms in total. The van der Waals surface area contributed by atoms with E-state index < -0.39 is 23.5 Å². The molecule has 2 rings (SSSR count). The van der Waals surface area contributed by atoms with Gasteiger partial charge in [-0.3, -0.25) is 0 Å². The van der Waals surface area contributed by atoms with Crippen LogP contribution in [0.1, 0.15) is 25.7 Å². The van der Waals surface area contributed by atoms with E-state index in [4.69, 9.17) is 4.74 Å². The number of pyridine rings is 1. The lowest BCUT2D eigenvalue weighted by atomic mass is 10.3. The molecule has 5 heteroatoms. The third-order valence-electron chi connectivity index (χ3n) is 2.44. The van der Waals surface area contributed by atoms with Crippen LogP contribution in [0.5, 0.6) is 5.88 Å². The molecular formula is C10H10F3NO. The predicted octanol–water partition coefficient (Wildman–Crippen LogP) is 2.82. The van der Waals surface area contributed by atoms with Crippen LogP contribution in [-0.4, -0.2) is 11.1 Å². The highest BCUT2D eigenvalue weighted by Gasteiger charge is 2.20. The summed E-state index contributed by atoms with van der Waals surface area (Å²) in [7, 11) is 0. The minimum absolute atomic E-state index is 0.128. The average molecular weight is 217 g/mol. The first-order valence-corrected chi connectivity index (χ1v) is 4.85. The van der Waals surface area contributed by atoms with Crippen molar-refractivity contribution in [2.45, 2.75) is 31.8 Å². The number of hydrogen-bond acceptors (Lipinski definition) is 2. The van der Waals surface area contributed by atoms with Crippen molar-refractivity contribution < 1.29 is 17.9 Å². The predicted molar refractivity (Wildman–Crippen MR) is 47.0 cm³/mol. The molecule has 1 fully saturated rings. The average Bonchev–Trinajstić information content (AvgIpc) is 2.67. The van der Waals surface area contributed by atoms with Crippen LogP contribution in [0.15, 0.2) is 6.07 Å². The molecule has 1 aromatic heterocycles.